The highest BCUT2D eigenvalue weighted by Crippen LogP contribution is 2.36. The zero-order chi connectivity index (χ0) is 26.2. The average Bonchev–Trinajstić information content (AvgIpc) is 3.59. The molecule has 0 saturated carbocycles. The maximum Gasteiger partial charge on any atom is 0.145 e. The minimum Gasteiger partial charge on any atom is -0.298 e. The Kier molecular flexibility index (Phi) is 4.30. The van der Waals surface area contributed by atoms with E-state index in [-0.39, 0.29) is 0 Å². The minimum absolute atomic E-state index is 0.990. The van der Waals surface area contributed by atoms with Gasteiger partial charge in [0.05, 0.1) is 22.1 Å². The molecule has 0 unspecified atom stereocenters. The van der Waals surface area contributed by atoms with Crippen LogP contribution in [0.1, 0.15) is 0 Å². The Balaban J connectivity index is 1.27. The monoisotopic (exact) mass is 510 g/mol. The predicted octanol–water partition coefficient (Wildman–Crippen LogP) is 8.93. The van der Waals surface area contributed by atoms with Gasteiger partial charge < -0.3 is 0 Å². The van der Waals surface area contributed by atoms with E-state index in [4.69, 9.17) is 9.97 Å². The predicted molar refractivity (Wildman–Crippen MR) is 165 cm³/mol. The summed E-state index contributed by atoms with van der Waals surface area (Å²) in [4.78, 5) is 9.92. The highest BCUT2D eigenvalue weighted by atomic mass is 15.0. The van der Waals surface area contributed by atoms with Gasteiger partial charge in [0, 0.05) is 34.3 Å². The molecule has 0 amide bonds. The van der Waals surface area contributed by atoms with Crippen LogP contribution in [0.15, 0.2) is 134 Å². The summed E-state index contributed by atoms with van der Waals surface area (Å²) in [6.45, 7) is 0. The van der Waals surface area contributed by atoms with Gasteiger partial charge in [0.25, 0.3) is 0 Å². The van der Waals surface area contributed by atoms with Crippen molar-refractivity contribution in [3.63, 3.8) is 0 Å². The lowest BCUT2D eigenvalue weighted by Gasteiger charge is -2.12. The number of fused-ring (bicyclic) bond motifs is 10. The molecule has 4 heterocycles. The summed E-state index contributed by atoms with van der Waals surface area (Å²) in [5.74, 6) is 0. The number of imidazole rings is 2. The standard InChI is InChI=1S/C36H22N4/c1-3-11-27-25(9-1)29(21-39-33-15-7-5-13-31(33)37-35(27)39)23-17-19-24(20-18-23)30-22-40-34-16-8-6-14-32(34)38-36(40)28-12-4-2-10-26(28)30/h1-22H. The first-order valence-corrected chi connectivity index (χ1v) is 13.5. The van der Waals surface area contributed by atoms with Crippen molar-refractivity contribution in [3.05, 3.63) is 134 Å². The Morgan fingerprint density at radius 1 is 0.375 bits per heavy atom. The van der Waals surface area contributed by atoms with Gasteiger partial charge in [0.15, 0.2) is 0 Å². The van der Waals surface area contributed by atoms with Gasteiger partial charge in [-0.1, -0.05) is 97.1 Å². The lowest BCUT2D eigenvalue weighted by Crippen LogP contribution is -1.92. The van der Waals surface area contributed by atoms with Gasteiger partial charge >= 0.3 is 0 Å². The van der Waals surface area contributed by atoms with Crippen LogP contribution in [0.3, 0.4) is 0 Å². The fourth-order valence-corrected chi connectivity index (χ4v) is 6.24. The normalized spacial score (nSPS) is 12.0. The molecule has 4 nitrogen and oxygen atoms in total. The van der Waals surface area contributed by atoms with E-state index in [1.807, 2.05) is 12.1 Å². The number of para-hydroxylation sites is 4. The Hall–Kier alpha value is -5.48. The van der Waals surface area contributed by atoms with Gasteiger partial charge in [-0.15, -0.1) is 0 Å². The van der Waals surface area contributed by atoms with Gasteiger partial charge in [-0.2, -0.15) is 0 Å². The third-order valence-corrected chi connectivity index (χ3v) is 8.13. The summed E-state index contributed by atoms with van der Waals surface area (Å²) in [6, 6.07) is 42.8. The Morgan fingerprint density at radius 3 is 1.20 bits per heavy atom. The minimum atomic E-state index is 0.990. The summed E-state index contributed by atoms with van der Waals surface area (Å²) in [5, 5.41) is 4.72. The molecule has 40 heavy (non-hydrogen) atoms. The number of pyridine rings is 2. The summed E-state index contributed by atoms with van der Waals surface area (Å²) in [6.07, 6.45) is 4.47. The van der Waals surface area contributed by atoms with Crippen LogP contribution < -0.4 is 0 Å². The van der Waals surface area contributed by atoms with Crippen molar-refractivity contribution in [1.29, 1.82) is 0 Å². The second kappa shape index (κ2) is 8.01. The molecule has 0 saturated heterocycles. The number of hydrogen-bond donors (Lipinski definition) is 0. The number of rotatable bonds is 2. The van der Waals surface area contributed by atoms with E-state index in [2.05, 4.69) is 130 Å². The Morgan fingerprint density at radius 2 is 0.750 bits per heavy atom. The zero-order valence-corrected chi connectivity index (χ0v) is 21.5. The first-order valence-electron chi connectivity index (χ1n) is 13.5. The number of nitrogens with zero attached hydrogens (tertiary/aromatic N) is 4. The fourth-order valence-electron chi connectivity index (χ4n) is 6.24. The third kappa shape index (κ3) is 2.96. The Bertz CT molecular complexity index is 2250. The van der Waals surface area contributed by atoms with Crippen molar-refractivity contribution < 1.29 is 0 Å². The van der Waals surface area contributed by atoms with Crippen molar-refractivity contribution in [2.45, 2.75) is 0 Å². The Labute approximate surface area is 229 Å². The third-order valence-electron chi connectivity index (χ3n) is 8.13. The van der Waals surface area contributed by atoms with Crippen LogP contribution in [0, 0.1) is 0 Å². The van der Waals surface area contributed by atoms with Crippen molar-refractivity contribution in [2.24, 2.45) is 0 Å². The molecule has 0 radical (unpaired) electrons. The van der Waals surface area contributed by atoms with Crippen molar-refractivity contribution in [1.82, 2.24) is 18.8 Å². The molecular formula is C36H22N4. The van der Waals surface area contributed by atoms with Crippen LogP contribution in [0.25, 0.3) is 77.2 Å². The SMILES string of the molecule is c1ccc2c(c1)nc1c3ccccc3c(-c3ccc(-c4cn5c6ccccc6nc5c5ccccc45)cc3)cn21. The van der Waals surface area contributed by atoms with E-state index < -0.39 is 0 Å². The first-order chi connectivity index (χ1) is 19.8. The molecule has 0 atom stereocenters. The summed E-state index contributed by atoms with van der Waals surface area (Å²) >= 11 is 0. The lowest BCUT2D eigenvalue weighted by molar-refractivity contribution is 1.24. The molecule has 0 aliphatic rings. The number of hydrogen-bond acceptors (Lipinski definition) is 2. The summed E-state index contributed by atoms with van der Waals surface area (Å²) in [7, 11) is 0. The van der Waals surface area contributed by atoms with Crippen LogP contribution >= 0.6 is 0 Å². The van der Waals surface area contributed by atoms with Crippen LogP contribution in [0.4, 0.5) is 0 Å². The molecular weight excluding hydrogens is 488 g/mol. The van der Waals surface area contributed by atoms with Gasteiger partial charge in [-0.25, -0.2) is 9.97 Å². The summed E-state index contributed by atoms with van der Waals surface area (Å²) < 4.78 is 4.46. The van der Waals surface area contributed by atoms with Crippen molar-refractivity contribution in [3.8, 4) is 22.3 Å². The van der Waals surface area contributed by atoms with E-state index in [0.717, 1.165) is 44.1 Å². The topological polar surface area (TPSA) is 34.6 Å². The van der Waals surface area contributed by atoms with Gasteiger partial charge in [0.1, 0.15) is 11.3 Å². The van der Waals surface area contributed by atoms with Crippen LogP contribution in [-0.4, -0.2) is 18.8 Å². The van der Waals surface area contributed by atoms with Crippen molar-refractivity contribution >= 4 is 54.9 Å². The highest BCUT2D eigenvalue weighted by molar-refractivity contribution is 6.07. The van der Waals surface area contributed by atoms with Gasteiger partial charge in [0.2, 0.25) is 0 Å². The number of aromatic nitrogens is 4. The molecule has 0 fully saturated rings. The quantitative estimate of drug-likeness (QED) is 0.233. The number of benzene rings is 5. The molecule has 5 aromatic carbocycles. The summed E-state index contributed by atoms with van der Waals surface area (Å²) in [5.41, 5.74) is 11.0. The largest absolute Gasteiger partial charge is 0.298 e. The van der Waals surface area contributed by atoms with E-state index in [1.165, 1.54) is 33.0 Å². The van der Waals surface area contributed by atoms with Gasteiger partial charge in [-0.3, -0.25) is 8.80 Å². The zero-order valence-electron chi connectivity index (χ0n) is 21.5. The maximum absolute atomic E-state index is 4.96. The molecule has 0 spiro atoms. The molecule has 186 valence electrons. The van der Waals surface area contributed by atoms with Crippen LogP contribution in [-0.2, 0) is 0 Å². The second-order valence-electron chi connectivity index (χ2n) is 10.3. The second-order valence-corrected chi connectivity index (χ2v) is 10.3. The molecule has 0 N–H and O–H groups in total. The van der Waals surface area contributed by atoms with Crippen molar-refractivity contribution in [2.75, 3.05) is 0 Å². The molecule has 4 heteroatoms. The maximum atomic E-state index is 4.96. The van der Waals surface area contributed by atoms with E-state index >= 15 is 0 Å². The molecule has 0 aliphatic heterocycles. The smallest absolute Gasteiger partial charge is 0.145 e. The van der Waals surface area contributed by atoms with E-state index in [0.29, 0.717) is 0 Å². The van der Waals surface area contributed by atoms with Gasteiger partial charge in [-0.05, 0) is 46.2 Å². The lowest BCUT2D eigenvalue weighted by atomic mass is 9.96. The first kappa shape index (κ1) is 21.5. The van der Waals surface area contributed by atoms with Crippen LogP contribution in [0.5, 0.6) is 0 Å². The molecule has 0 bridgehead atoms. The van der Waals surface area contributed by atoms with Crippen LogP contribution in [0.2, 0.25) is 0 Å². The van der Waals surface area contributed by atoms with E-state index in [1.54, 1.807) is 0 Å². The fraction of sp³-hybridized carbons (Fsp3) is 0. The molecule has 9 aromatic rings. The molecule has 9 rings (SSSR count). The van der Waals surface area contributed by atoms with E-state index in [9.17, 15) is 0 Å². The highest BCUT2D eigenvalue weighted by Gasteiger charge is 2.15. The average molecular weight is 511 g/mol. The molecule has 4 aromatic heterocycles. The molecule has 0 aliphatic carbocycles.